The van der Waals surface area contributed by atoms with Gasteiger partial charge in [-0.05, 0) is 6.42 Å². The van der Waals surface area contributed by atoms with Crippen molar-refractivity contribution in [2.24, 2.45) is 0 Å². The highest BCUT2D eigenvalue weighted by Gasteiger charge is 2.06. The largest absolute Gasteiger partial charge is 0.357 e. The monoisotopic (exact) mass is 303 g/mol. The van der Waals surface area contributed by atoms with Gasteiger partial charge >= 0.3 is 0 Å². The van der Waals surface area contributed by atoms with Gasteiger partial charge in [0.15, 0.2) is 0 Å². The van der Waals surface area contributed by atoms with Crippen molar-refractivity contribution in [3.05, 3.63) is 0 Å². The third-order valence-corrected chi connectivity index (χ3v) is 2.98. The lowest BCUT2D eigenvalue weighted by molar-refractivity contribution is 0.586. The van der Waals surface area contributed by atoms with Crippen molar-refractivity contribution in [2.45, 2.75) is 6.42 Å². The molecule has 0 aliphatic carbocycles. The molecule has 1 aromatic heterocycles. The average molecular weight is 303 g/mol. The van der Waals surface area contributed by atoms with Crippen molar-refractivity contribution in [1.29, 1.82) is 0 Å². The summed E-state index contributed by atoms with van der Waals surface area (Å²) in [6.45, 7) is 0.929. The first kappa shape index (κ1) is 16.4. The molecule has 1 aromatic rings. The third-order valence-electron chi connectivity index (χ3n) is 2.25. The number of nitrogens with one attached hydrogen (secondary N) is 3. The Morgan fingerprint density at radius 1 is 1.10 bits per heavy atom. The van der Waals surface area contributed by atoms with Crippen LogP contribution in [0.1, 0.15) is 6.42 Å². The van der Waals surface area contributed by atoms with Gasteiger partial charge in [-0.1, -0.05) is 0 Å². The van der Waals surface area contributed by atoms with Crippen LogP contribution in [-0.2, 0) is 10.0 Å². The van der Waals surface area contributed by atoms with Crippen LogP contribution in [0.5, 0.6) is 0 Å². The van der Waals surface area contributed by atoms with Crippen LogP contribution in [0.25, 0.3) is 0 Å². The predicted molar refractivity (Wildman–Crippen MR) is 79.7 cm³/mol. The fourth-order valence-electron chi connectivity index (χ4n) is 1.30. The summed E-state index contributed by atoms with van der Waals surface area (Å²) in [6, 6.07) is 0. The molecule has 0 saturated carbocycles. The maximum Gasteiger partial charge on any atom is 0.231 e. The lowest BCUT2D eigenvalue weighted by Crippen LogP contribution is -2.24. The molecule has 9 nitrogen and oxygen atoms in total. The molecule has 1 heterocycles. The van der Waals surface area contributed by atoms with Crippen molar-refractivity contribution >= 4 is 27.9 Å². The second-order valence-electron chi connectivity index (χ2n) is 4.37. The first-order chi connectivity index (χ1) is 9.31. The molecule has 0 atom stereocenters. The molecular formula is C10H21N7O2S. The molecule has 0 saturated heterocycles. The van der Waals surface area contributed by atoms with Crippen LogP contribution < -0.4 is 20.3 Å². The molecule has 114 valence electrons. The summed E-state index contributed by atoms with van der Waals surface area (Å²) < 4.78 is 24.2. The Morgan fingerprint density at radius 2 is 1.75 bits per heavy atom. The van der Waals surface area contributed by atoms with Crippen molar-refractivity contribution in [3.8, 4) is 0 Å². The third kappa shape index (κ3) is 5.97. The minimum atomic E-state index is -3.13. The number of rotatable bonds is 8. The van der Waals surface area contributed by atoms with E-state index < -0.39 is 10.0 Å². The normalized spacial score (nSPS) is 11.2. The number of nitrogens with zero attached hydrogens (tertiary/aromatic N) is 4. The molecule has 0 bridgehead atoms. The summed E-state index contributed by atoms with van der Waals surface area (Å²) in [5, 5.41) is 5.90. The summed E-state index contributed by atoms with van der Waals surface area (Å²) in [6.07, 6.45) is 1.76. The van der Waals surface area contributed by atoms with E-state index in [1.54, 1.807) is 11.9 Å². The van der Waals surface area contributed by atoms with Gasteiger partial charge in [0.2, 0.25) is 27.9 Å². The van der Waals surface area contributed by atoms with Crippen LogP contribution in [0.3, 0.4) is 0 Å². The Kier molecular flexibility index (Phi) is 5.89. The van der Waals surface area contributed by atoms with Crippen molar-refractivity contribution in [1.82, 2.24) is 19.7 Å². The molecule has 3 N–H and O–H groups in total. The number of anilines is 3. The van der Waals surface area contributed by atoms with E-state index in [4.69, 9.17) is 0 Å². The van der Waals surface area contributed by atoms with Gasteiger partial charge in [-0.15, -0.1) is 0 Å². The van der Waals surface area contributed by atoms with Gasteiger partial charge in [0.25, 0.3) is 0 Å². The molecule has 0 spiro atoms. The lowest BCUT2D eigenvalue weighted by Gasteiger charge is -2.13. The Balaban J connectivity index is 2.53. The maximum atomic E-state index is 10.9. The van der Waals surface area contributed by atoms with Crippen LogP contribution >= 0.6 is 0 Å². The van der Waals surface area contributed by atoms with E-state index in [0.717, 1.165) is 6.26 Å². The summed E-state index contributed by atoms with van der Waals surface area (Å²) in [4.78, 5) is 14.4. The predicted octanol–water partition coefficient (Wildman–Crippen LogP) is -0.669. The minimum absolute atomic E-state index is 0.371. The van der Waals surface area contributed by atoms with Gasteiger partial charge in [0.05, 0.1) is 6.26 Å². The Labute approximate surface area is 119 Å². The molecule has 0 aromatic carbocycles. The number of aromatic nitrogens is 3. The van der Waals surface area contributed by atoms with Crippen LogP contribution in [0.15, 0.2) is 0 Å². The zero-order valence-corrected chi connectivity index (χ0v) is 13.0. The zero-order valence-electron chi connectivity index (χ0n) is 12.1. The van der Waals surface area contributed by atoms with Crippen LogP contribution in [-0.4, -0.2) is 63.9 Å². The molecule has 10 heteroatoms. The first-order valence-corrected chi connectivity index (χ1v) is 8.00. The fourth-order valence-corrected chi connectivity index (χ4v) is 1.82. The Morgan fingerprint density at radius 3 is 2.30 bits per heavy atom. The van der Waals surface area contributed by atoms with E-state index in [-0.39, 0.29) is 0 Å². The van der Waals surface area contributed by atoms with Crippen molar-refractivity contribution < 1.29 is 8.42 Å². The van der Waals surface area contributed by atoms with Crippen molar-refractivity contribution in [3.63, 3.8) is 0 Å². The van der Waals surface area contributed by atoms with E-state index in [1.165, 1.54) is 0 Å². The number of hydrogen-bond donors (Lipinski definition) is 3. The quantitative estimate of drug-likeness (QED) is 0.542. The molecule has 20 heavy (non-hydrogen) atoms. The van der Waals surface area contributed by atoms with Gasteiger partial charge < -0.3 is 15.5 Å². The molecule has 0 aliphatic rings. The smallest absolute Gasteiger partial charge is 0.231 e. The average Bonchev–Trinajstić information content (AvgIpc) is 2.36. The number of hydrogen-bond acceptors (Lipinski definition) is 8. The summed E-state index contributed by atoms with van der Waals surface area (Å²) in [5.74, 6) is 1.47. The highest BCUT2D eigenvalue weighted by Crippen LogP contribution is 2.10. The fraction of sp³-hybridized carbons (Fsp3) is 0.700. The molecular weight excluding hydrogens is 282 g/mol. The van der Waals surface area contributed by atoms with Crippen molar-refractivity contribution in [2.75, 3.05) is 56.0 Å². The molecule has 0 fully saturated rings. The highest BCUT2D eigenvalue weighted by molar-refractivity contribution is 7.88. The first-order valence-electron chi connectivity index (χ1n) is 6.11. The van der Waals surface area contributed by atoms with Gasteiger partial charge in [0, 0.05) is 34.2 Å². The van der Waals surface area contributed by atoms with Crippen LogP contribution in [0.2, 0.25) is 0 Å². The van der Waals surface area contributed by atoms with E-state index in [2.05, 4.69) is 30.3 Å². The second-order valence-corrected chi connectivity index (χ2v) is 6.21. The summed E-state index contributed by atoms with van der Waals surface area (Å²) in [5.41, 5.74) is 0. The van der Waals surface area contributed by atoms with Gasteiger partial charge in [-0.3, -0.25) is 0 Å². The molecule has 0 aliphatic heterocycles. The summed E-state index contributed by atoms with van der Waals surface area (Å²) >= 11 is 0. The zero-order chi connectivity index (χ0) is 15.2. The van der Waals surface area contributed by atoms with Crippen LogP contribution in [0.4, 0.5) is 17.8 Å². The van der Waals surface area contributed by atoms with E-state index >= 15 is 0 Å². The SMILES string of the molecule is CNc1nc(NCCCNS(C)(=O)=O)nc(N(C)C)n1. The van der Waals surface area contributed by atoms with Gasteiger partial charge in [-0.25, -0.2) is 13.1 Å². The molecule has 0 radical (unpaired) electrons. The standard InChI is InChI=1S/C10H21N7O2S/c1-11-8-14-9(16-10(15-8)17(2)3)12-6-5-7-13-20(4,18)19/h13H,5-7H2,1-4H3,(H2,11,12,14,15,16). The van der Waals surface area contributed by atoms with Gasteiger partial charge in [0.1, 0.15) is 0 Å². The highest BCUT2D eigenvalue weighted by atomic mass is 32.2. The minimum Gasteiger partial charge on any atom is -0.357 e. The number of sulfonamides is 1. The topological polar surface area (TPSA) is 112 Å². The van der Waals surface area contributed by atoms with Gasteiger partial charge in [-0.2, -0.15) is 15.0 Å². The summed E-state index contributed by atoms with van der Waals surface area (Å²) in [7, 11) is 2.28. The van der Waals surface area contributed by atoms with Crippen LogP contribution in [0, 0.1) is 0 Å². The second kappa shape index (κ2) is 7.20. The Hall–Kier alpha value is -1.68. The maximum absolute atomic E-state index is 10.9. The van der Waals surface area contributed by atoms with E-state index in [1.807, 2.05) is 14.1 Å². The lowest BCUT2D eigenvalue weighted by atomic mass is 10.4. The molecule has 0 amide bonds. The molecule has 1 rings (SSSR count). The Bertz CT molecular complexity index is 532. The van der Waals surface area contributed by atoms with E-state index in [0.29, 0.717) is 37.4 Å². The molecule has 0 unspecified atom stereocenters. The van der Waals surface area contributed by atoms with E-state index in [9.17, 15) is 8.42 Å².